The predicted molar refractivity (Wildman–Crippen MR) is 86.2 cm³/mol. The second-order valence-corrected chi connectivity index (χ2v) is 6.94. The summed E-state index contributed by atoms with van der Waals surface area (Å²) < 4.78 is 0. The lowest BCUT2D eigenvalue weighted by atomic mass is 10.0. The van der Waals surface area contributed by atoms with Crippen molar-refractivity contribution in [2.75, 3.05) is 19.6 Å². The minimum absolute atomic E-state index is 0.402. The van der Waals surface area contributed by atoms with Crippen molar-refractivity contribution >= 4 is 5.91 Å². The van der Waals surface area contributed by atoms with Gasteiger partial charge in [0.05, 0.1) is 0 Å². The van der Waals surface area contributed by atoms with Gasteiger partial charge in [-0.2, -0.15) is 0 Å². The van der Waals surface area contributed by atoms with Crippen molar-refractivity contribution in [3.63, 3.8) is 0 Å². The summed E-state index contributed by atoms with van der Waals surface area (Å²) in [6, 6.07) is 1.17. The average molecular weight is 290 g/mol. The molecule has 2 heterocycles. The molecule has 0 aromatic rings. The van der Waals surface area contributed by atoms with E-state index in [0.29, 0.717) is 18.0 Å². The molecule has 0 radical (unpaired) electrons. The third-order valence-electron chi connectivity index (χ3n) is 5.48. The summed E-state index contributed by atoms with van der Waals surface area (Å²) in [4.78, 5) is 16.8. The first-order chi connectivity index (χ1) is 10.3. The topological polar surface area (TPSA) is 23.6 Å². The summed E-state index contributed by atoms with van der Waals surface area (Å²) in [5, 5.41) is 0. The van der Waals surface area contributed by atoms with Crippen LogP contribution in [0, 0.1) is 0 Å². The first kappa shape index (κ1) is 15.1. The van der Waals surface area contributed by atoms with Crippen molar-refractivity contribution in [3.8, 4) is 0 Å². The highest BCUT2D eigenvalue weighted by Crippen LogP contribution is 2.25. The molecule has 2 fully saturated rings. The average Bonchev–Trinajstić information content (AvgIpc) is 2.72. The Morgan fingerprint density at radius 3 is 2.71 bits per heavy atom. The Balaban J connectivity index is 1.57. The smallest absolute Gasteiger partial charge is 0.222 e. The molecule has 1 amide bonds. The fourth-order valence-electron chi connectivity index (χ4n) is 4.25. The van der Waals surface area contributed by atoms with Crippen molar-refractivity contribution < 1.29 is 4.79 Å². The minimum atomic E-state index is 0.402. The fraction of sp³-hybridized carbons (Fsp3) is 0.833. The molecule has 2 saturated heterocycles. The SMILES string of the molecule is O=C1CCCN1C1CCCN(C2C=CCCCCC2)CC1. The van der Waals surface area contributed by atoms with E-state index in [0.717, 1.165) is 19.4 Å². The molecule has 3 aliphatic rings. The van der Waals surface area contributed by atoms with E-state index >= 15 is 0 Å². The lowest BCUT2D eigenvalue weighted by Crippen LogP contribution is -2.38. The van der Waals surface area contributed by atoms with Crippen molar-refractivity contribution in [2.24, 2.45) is 0 Å². The Labute approximate surface area is 129 Å². The van der Waals surface area contributed by atoms with Gasteiger partial charge in [-0.3, -0.25) is 9.69 Å². The highest BCUT2D eigenvalue weighted by Gasteiger charge is 2.30. The number of carbonyl (C=O) groups is 1. The largest absolute Gasteiger partial charge is 0.340 e. The van der Waals surface area contributed by atoms with Gasteiger partial charge in [-0.25, -0.2) is 0 Å². The van der Waals surface area contributed by atoms with E-state index in [9.17, 15) is 4.79 Å². The second kappa shape index (κ2) is 7.44. The maximum Gasteiger partial charge on any atom is 0.222 e. The Hall–Kier alpha value is -0.830. The normalized spacial score (nSPS) is 32.8. The molecule has 0 aromatic heterocycles. The molecule has 0 aromatic carbocycles. The fourth-order valence-corrected chi connectivity index (χ4v) is 4.25. The molecule has 118 valence electrons. The van der Waals surface area contributed by atoms with E-state index in [4.69, 9.17) is 0 Å². The molecule has 3 heteroatoms. The number of rotatable bonds is 2. The maximum atomic E-state index is 12.0. The Kier molecular flexibility index (Phi) is 5.34. The minimum Gasteiger partial charge on any atom is -0.340 e. The van der Waals surface area contributed by atoms with Gasteiger partial charge in [0, 0.05) is 31.6 Å². The molecule has 1 aliphatic carbocycles. The highest BCUT2D eigenvalue weighted by atomic mass is 16.2. The quantitative estimate of drug-likeness (QED) is 0.728. The van der Waals surface area contributed by atoms with Gasteiger partial charge < -0.3 is 4.90 Å². The number of carbonyl (C=O) groups excluding carboxylic acids is 1. The zero-order valence-electron chi connectivity index (χ0n) is 13.3. The third kappa shape index (κ3) is 3.88. The monoisotopic (exact) mass is 290 g/mol. The lowest BCUT2D eigenvalue weighted by molar-refractivity contribution is -0.129. The first-order valence-electron chi connectivity index (χ1n) is 9.05. The highest BCUT2D eigenvalue weighted by molar-refractivity contribution is 5.78. The summed E-state index contributed by atoms with van der Waals surface area (Å²) in [5.41, 5.74) is 0. The molecule has 0 bridgehead atoms. The van der Waals surface area contributed by atoms with Crippen molar-refractivity contribution in [3.05, 3.63) is 12.2 Å². The molecule has 2 unspecified atom stereocenters. The van der Waals surface area contributed by atoms with Gasteiger partial charge in [-0.1, -0.05) is 25.0 Å². The summed E-state index contributed by atoms with van der Waals surface area (Å²) in [6.45, 7) is 3.39. The number of allylic oxidation sites excluding steroid dienone is 1. The van der Waals surface area contributed by atoms with Gasteiger partial charge in [-0.05, 0) is 51.5 Å². The maximum absolute atomic E-state index is 12.0. The van der Waals surface area contributed by atoms with Crippen LogP contribution in [0.15, 0.2) is 12.2 Å². The van der Waals surface area contributed by atoms with E-state index in [1.165, 1.54) is 64.5 Å². The predicted octanol–water partition coefficient (Wildman–Crippen LogP) is 3.35. The summed E-state index contributed by atoms with van der Waals surface area (Å²) >= 11 is 0. The van der Waals surface area contributed by atoms with Crippen LogP contribution < -0.4 is 0 Å². The summed E-state index contributed by atoms with van der Waals surface area (Å²) in [6.07, 6.45) is 17.1. The number of hydrogen-bond acceptors (Lipinski definition) is 2. The van der Waals surface area contributed by atoms with Crippen LogP contribution >= 0.6 is 0 Å². The third-order valence-corrected chi connectivity index (χ3v) is 5.48. The second-order valence-electron chi connectivity index (χ2n) is 6.94. The molecule has 21 heavy (non-hydrogen) atoms. The van der Waals surface area contributed by atoms with Crippen LogP contribution in [0.1, 0.15) is 64.2 Å². The van der Waals surface area contributed by atoms with Crippen LogP contribution in [-0.2, 0) is 4.79 Å². The number of hydrogen-bond donors (Lipinski definition) is 0. The molecule has 3 nitrogen and oxygen atoms in total. The first-order valence-corrected chi connectivity index (χ1v) is 9.05. The van der Waals surface area contributed by atoms with Gasteiger partial charge in [0.1, 0.15) is 0 Å². The molecule has 2 atom stereocenters. The number of likely N-dealkylation sites (tertiary alicyclic amines) is 2. The van der Waals surface area contributed by atoms with Crippen molar-refractivity contribution in [1.82, 2.24) is 9.80 Å². The van der Waals surface area contributed by atoms with E-state index < -0.39 is 0 Å². The molecular formula is C18H30N2O. The summed E-state index contributed by atoms with van der Waals surface area (Å²) in [5.74, 6) is 0.402. The molecule has 2 aliphatic heterocycles. The Morgan fingerprint density at radius 2 is 1.86 bits per heavy atom. The molecule has 0 spiro atoms. The van der Waals surface area contributed by atoms with E-state index in [1.54, 1.807) is 0 Å². The standard InChI is InChI=1S/C18H30N2O/c21-18-11-7-14-20(18)17-10-6-13-19(15-12-17)16-8-4-2-1-3-5-9-16/h4,8,16-17H,1-3,5-7,9-15H2. The summed E-state index contributed by atoms with van der Waals surface area (Å²) in [7, 11) is 0. The van der Waals surface area contributed by atoms with Crippen LogP contribution in [0.5, 0.6) is 0 Å². The number of amides is 1. The molecule has 3 rings (SSSR count). The van der Waals surface area contributed by atoms with Gasteiger partial charge in [-0.15, -0.1) is 0 Å². The molecule has 0 N–H and O–H groups in total. The van der Waals surface area contributed by atoms with Crippen LogP contribution in [0.3, 0.4) is 0 Å². The lowest BCUT2D eigenvalue weighted by Gasteiger charge is -2.30. The van der Waals surface area contributed by atoms with E-state index in [2.05, 4.69) is 22.0 Å². The van der Waals surface area contributed by atoms with Crippen molar-refractivity contribution in [1.29, 1.82) is 0 Å². The van der Waals surface area contributed by atoms with Crippen LogP contribution in [-0.4, -0.2) is 47.4 Å². The number of nitrogens with zero attached hydrogens (tertiary/aromatic N) is 2. The van der Waals surface area contributed by atoms with E-state index in [1.807, 2.05) is 0 Å². The van der Waals surface area contributed by atoms with Gasteiger partial charge in [0.15, 0.2) is 0 Å². The van der Waals surface area contributed by atoms with Crippen LogP contribution in [0.4, 0.5) is 0 Å². The Morgan fingerprint density at radius 1 is 0.905 bits per heavy atom. The van der Waals surface area contributed by atoms with E-state index in [-0.39, 0.29) is 0 Å². The molecule has 0 saturated carbocycles. The van der Waals surface area contributed by atoms with Gasteiger partial charge in [0.2, 0.25) is 5.91 Å². The molecular weight excluding hydrogens is 260 g/mol. The van der Waals surface area contributed by atoms with Crippen molar-refractivity contribution in [2.45, 2.75) is 76.3 Å². The Bertz CT molecular complexity index is 379. The zero-order valence-corrected chi connectivity index (χ0v) is 13.3. The van der Waals surface area contributed by atoms with Crippen LogP contribution in [0.25, 0.3) is 0 Å². The zero-order chi connectivity index (χ0) is 14.5. The van der Waals surface area contributed by atoms with Crippen LogP contribution in [0.2, 0.25) is 0 Å². The van der Waals surface area contributed by atoms with Gasteiger partial charge in [0.25, 0.3) is 0 Å². The van der Waals surface area contributed by atoms with Gasteiger partial charge >= 0.3 is 0 Å².